The molecule has 0 aliphatic carbocycles. The number of hydrogen-bond donors (Lipinski definition) is 3. The zero-order chi connectivity index (χ0) is 24.8. The number of nitrogens with one attached hydrogen (secondary N) is 2. The Morgan fingerprint density at radius 1 is 1.09 bits per heavy atom. The van der Waals surface area contributed by atoms with Crippen LogP contribution in [0.4, 0.5) is 11.5 Å². The summed E-state index contributed by atoms with van der Waals surface area (Å²) in [4.78, 5) is 38.6. The normalized spacial score (nSPS) is 12.2. The van der Waals surface area contributed by atoms with Gasteiger partial charge < -0.3 is 25.1 Å². The summed E-state index contributed by atoms with van der Waals surface area (Å²) >= 11 is 0. The van der Waals surface area contributed by atoms with Gasteiger partial charge in [0.25, 0.3) is 5.71 Å². The lowest BCUT2D eigenvalue weighted by molar-refractivity contribution is -0.138. The molecule has 0 spiro atoms. The predicted molar refractivity (Wildman–Crippen MR) is 132 cm³/mol. The van der Waals surface area contributed by atoms with Gasteiger partial charge in [0.05, 0.1) is 0 Å². The summed E-state index contributed by atoms with van der Waals surface area (Å²) in [6, 6.07) is 14.8. The Morgan fingerprint density at radius 3 is 2.51 bits per heavy atom. The fraction of sp³-hybridized carbons (Fsp3) is 0.160. The second-order valence-corrected chi connectivity index (χ2v) is 7.95. The minimum absolute atomic E-state index is 0.220. The molecule has 0 saturated carbocycles. The number of aromatic nitrogens is 3. The monoisotopic (exact) mass is 472 g/mol. The first-order valence-electron chi connectivity index (χ1n) is 10.8. The number of amides is 1. The molecule has 0 bridgehead atoms. The topological polar surface area (TPSA) is 133 Å². The van der Waals surface area contributed by atoms with Crippen molar-refractivity contribution in [1.29, 1.82) is 0 Å². The van der Waals surface area contributed by atoms with Crippen LogP contribution in [0.2, 0.25) is 0 Å². The molecule has 10 nitrogen and oxygen atoms in total. The molecule has 2 aromatic heterocycles. The third kappa shape index (κ3) is 5.87. The Balaban J connectivity index is 1.53. The SMILES string of the molecule is CN(C)C/C=C/C(=O)Nc1ccc(-c2nc3c(N[C@H](C(=O)O)c4ccccc4)ncnc3o2)cc1. The lowest BCUT2D eigenvalue weighted by Crippen LogP contribution is -2.21. The number of nitrogens with zero attached hydrogens (tertiary/aromatic N) is 4. The third-order valence-corrected chi connectivity index (χ3v) is 5.00. The summed E-state index contributed by atoms with van der Waals surface area (Å²) in [5, 5.41) is 15.4. The fourth-order valence-corrected chi connectivity index (χ4v) is 3.30. The van der Waals surface area contributed by atoms with Crippen LogP contribution in [-0.2, 0) is 9.59 Å². The quantitative estimate of drug-likeness (QED) is 0.313. The molecule has 0 unspecified atom stereocenters. The molecule has 2 aromatic carbocycles. The van der Waals surface area contributed by atoms with Crippen molar-refractivity contribution in [3.8, 4) is 11.5 Å². The van der Waals surface area contributed by atoms with Crippen LogP contribution in [0.15, 0.2) is 77.5 Å². The molecule has 0 radical (unpaired) electrons. The number of aliphatic carboxylic acids is 1. The lowest BCUT2D eigenvalue weighted by Gasteiger charge is -2.15. The molecule has 0 aliphatic heterocycles. The van der Waals surface area contributed by atoms with Crippen molar-refractivity contribution in [3.05, 3.63) is 78.6 Å². The number of rotatable bonds is 9. The molecule has 10 heteroatoms. The van der Waals surface area contributed by atoms with E-state index in [4.69, 9.17) is 4.42 Å². The van der Waals surface area contributed by atoms with E-state index < -0.39 is 12.0 Å². The van der Waals surface area contributed by atoms with E-state index in [1.165, 1.54) is 12.4 Å². The van der Waals surface area contributed by atoms with Gasteiger partial charge in [0.1, 0.15) is 6.33 Å². The van der Waals surface area contributed by atoms with E-state index >= 15 is 0 Å². The summed E-state index contributed by atoms with van der Waals surface area (Å²) in [5.41, 5.74) is 2.39. The number of benzene rings is 2. The first-order valence-corrected chi connectivity index (χ1v) is 10.8. The second-order valence-electron chi connectivity index (χ2n) is 7.95. The van der Waals surface area contributed by atoms with Crippen LogP contribution in [0.25, 0.3) is 22.7 Å². The summed E-state index contributed by atoms with van der Waals surface area (Å²) < 4.78 is 5.79. The molecule has 4 rings (SSSR count). The standard InChI is InChI=1S/C25H24N6O4/c1-31(2)14-6-9-19(32)28-18-12-10-17(11-13-18)23-30-21-22(26-15-27-24(21)35-23)29-20(25(33)34)16-7-4-3-5-8-16/h3-13,15,20H,14H2,1-2H3,(H,28,32)(H,33,34)(H,26,27,29)/b9-6+/t20-/m0/s1. The number of carboxylic acid groups (broad SMARTS) is 1. The van der Waals surface area contributed by atoms with Crippen molar-refractivity contribution in [1.82, 2.24) is 19.9 Å². The fourth-order valence-electron chi connectivity index (χ4n) is 3.30. The van der Waals surface area contributed by atoms with E-state index in [1.54, 1.807) is 54.6 Å². The van der Waals surface area contributed by atoms with Crippen LogP contribution in [0.1, 0.15) is 11.6 Å². The van der Waals surface area contributed by atoms with Crippen molar-refractivity contribution >= 4 is 34.6 Å². The molecular formula is C25H24N6O4. The lowest BCUT2D eigenvalue weighted by atomic mass is 10.1. The number of anilines is 2. The Labute approximate surface area is 201 Å². The Kier molecular flexibility index (Phi) is 7.12. The number of likely N-dealkylation sites (N-methyl/N-ethyl adjacent to an activating group) is 1. The highest BCUT2D eigenvalue weighted by Gasteiger charge is 2.23. The molecule has 1 atom stereocenters. The number of fused-ring (bicyclic) bond motifs is 1. The van der Waals surface area contributed by atoms with E-state index in [2.05, 4.69) is 25.6 Å². The first-order chi connectivity index (χ1) is 16.9. The van der Waals surface area contributed by atoms with Crippen LogP contribution in [-0.4, -0.2) is 57.5 Å². The smallest absolute Gasteiger partial charge is 0.330 e. The van der Waals surface area contributed by atoms with Crippen LogP contribution in [0.3, 0.4) is 0 Å². The van der Waals surface area contributed by atoms with Gasteiger partial charge in [-0.1, -0.05) is 36.4 Å². The third-order valence-electron chi connectivity index (χ3n) is 5.00. The maximum absolute atomic E-state index is 12.0. The van der Waals surface area contributed by atoms with Crippen LogP contribution < -0.4 is 10.6 Å². The van der Waals surface area contributed by atoms with E-state index in [-0.39, 0.29) is 17.4 Å². The average molecular weight is 473 g/mol. The Morgan fingerprint density at radius 2 is 1.83 bits per heavy atom. The minimum Gasteiger partial charge on any atom is -0.479 e. The highest BCUT2D eigenvalue weighted by atomic mass is 16.4. The van der Waals surface area contributed by atoms with Gasteiger partial charge in [0, 0.05) is 23.9 Å². The molecule has 2 heterocycles. The zero-order valence-corrected chi connectivity index (χ0v) is 19.2. The predicted octanol–water partition coefficient (Wildman–Crippen LogP) is 3.58. The molecule has 4 aromatic rings. The minimum atomic E-state index is -1.05. The maximum Gasteiger partial charge on any atom is 0.330 e. The van der Waals surface area contributed by atoms with Gasteiger partial charge in [-0.15, -0.1) is 0 Å². The van der Waals surface area contributed by atoms with Crippen LogP contribution in [0.5, 0.6) is 0 Å². The average Bonchev–Trinajstić information content (AvgIpc) is 3.28. The van der Waals surface area contributed by atoms with Crippen molar-refractivity contribution < 1.29 is 19.1 Å². The number of hydrogen-bond acceptors (Lipinski definition) is 8. The van der Waals surface area contributed by atoms with Gasteiger partial charge in [-0.2, -0.15) is 4.98 Å². The van der Waals surface area contributed by atoms with Gasteiger partial charge in [0.15, 0.2) is 17.4 Å². The van der Waals surface area contributed by atoms with Gasteiger partial charge in [0.2, 0.25) is 11.8 Å². The van der Waals surface area contributed by atoms with E-state index in [9.17, 15) is 14.7 Å². The van der Waals surface area contributed by atoms with Gasteiger partial charge in [-0.3, -0.25) is 4.79 Å². The van der Waals surface area contributed by atoms with Gasteiger partial charge in [-0.05, 0) is 43.9 Å². The van der Waals surface area contributed by atoms with Crippen molar-refractivity contribution in [2.24, 2.45) is 0 Å². The molecule has 0 fully saturated rings. The van der Waals surface area contributed by atoms with E-state index in [0.717, 1.165) is 0 Å². The highest BCUT2D eigenvalue weighted by molar-refractivity contribution is 5.99. The molecule has 0 aliphatic rings. The maximum atomic E-state index is 12.0. The number of carbonyl (C=O) groups excluding carboxylic acids is 1. The molecule has 178 valence electrons. The molecule has 35 heavy (non-hydrogen) atoms. The molecule has 3 N–H and O–H groups in total. The summed E-state index contributed by atoms with van der Waals surface area (Å²) in [6.45, 7) is 0.669. The highest BCUT2D eigenvalue weighted by Crippen LogP contribution is 2.29. The van der Waals surface area contributed by atoms with Crippen molar-refractivity contribution in [2.75, 3.05) is 31.3 Å². The number of carbonyl (C=O) groups is 2. The van der Waals surface area contributed by atoms with E-state index in [1.807, 2.05) is 25.1 Å². The largest absolute Gasteiger partial charge is 0.479 e. The van der Waals surface area contributed by atoms with Crippen LogP contribution >= 0.6 is 0 Å². The van der Waals surface area contributed by atoms with Crippen molar-refractivity contribution in [2.45, 2.75) is 6.04 Å². The summed E-state index contributed by atoms with van der Waals surface area (Å²) in [5.74, 6) is -0.742. The number of carboxylic acids is 1. The zero-order valence-electron chi connectivity index (χ0n) is 19.2. The van der Waals surface area contributed by atoms with Gasteiger partial charge in [-0.25, -0.2) is 14.8 Å². The first kappa shape index (κ1) is 23.6. The molecule has 0 saturated heterocycles. The summed E-state index contributed by atoms with van der Waals surface area (Å²) in [7, 11) is 3.84. The van der Waals surface area contributed by atoms with Gasteiger partial charge >= 0.3 is 5.97 Å². The Bertz CT molecular complexity index is 1350. The van der Waals surface area contributed by atoms with E-state index in [0.29, 0.717) is 34.8 Å². The van der Waals surface area contributed by atoms with Crippen molar-refractivity contribution in [3.63, 3.8) is 0 Å². The number of oxazole rings is 1. The Hall–Kier alpha value is -4.57. The molecule has 1 amide bonds. The van der Waals surface area contributed by atoms with Crippen LogP contribution in [0, 0.1) is 0 Å². The second kappa shape index (κ2) is 10.6. The summed E-state index contributed by atoms with van der Waals surface area (Å²) in [6.07, 6.45) is 4.55. The molecular weight excluding hydrogens is 448 g/mol.